The monoisotopic (exact) mass is 267 g/mol. The minimum Gasteiger partial charge on any atom is -0.316 e. The third kappa shape index (κ3) is 2.97. The van der Waals surface area contributed by atoms with Gasteiger partial charge in [0.2, 0.25) is 0 Å². The summed E-state index contributed by atoms with van der Waals surface area (Å²) in [5, 5.41) is 3.10. The summed E-state index contributed by atoms with van der Waals surface area (Å²) in [5.74, 6) is 0.107. The normalized spacial score (nSPS) is 10.6. The molecule has 2 rings (SSSR count). The van der Waals surface area contributed by atoms with Gasteiger partial charge in [0.05, 0.1) is 0 Å². The zero-order valence-corrected chi connectivity index (χ0v) is 12.6. The predicted molar refractivity (Wildman–Crippen MR) is 83.3 cm³/mol. The first-order valence-corrected chi connectivity index (χ1v) is 6.89. The van der Waals surface area contributed by atoms with Crippen molar-refractivity contribution in [2.24, 2.45) is 0 Å². The first kappa shape index (κ1) is 14.5. The number of rotatable bonds is 4. The molecule has 104 valence electrons. The average molecular weight is 267 g/mol. The fraction of sp³-hybridized carbons (Fsp3) is 0.278. The molecule has 2 aromatic rings. The Balaban J connectivity index is 2.36. The number of aryl methyl sites for hydroxylation is 3. The second-order valence-corrected chi connectivity index (χ2v) is 5.33. The number of hydrogen-bond donors (Lipinski definition) is 1. The molecule has 0 atom stereocenters. The van der Waals surface area contributed by atoms with Crippen molar-refractivity contribution in [3.63, 3.8) is 0 Å². The van der Waals surface area contributed by atoms with Crippen molar-refractivity contribution in [1.82, 2.24) is 5.32 Å². The maximum absolute atomic E-state index is 12.7. The lowest BCUT2D eigenvalue weighted by Gasteiger charge is -2.11. The largest absolute Gasteiger partial charge is 0.316 e. The van der Waals surface area contributed by atoms with Crippen molar-refractivity contribution < 1.29 is 4.79 Å². The van der Waals surface area contributed by atoms with Gasteiger partial charge in [-0.25, -0.2) is 0 Å². The highest BCUT2D eigenvalue weighted by Crippen LogP contribution is 2.20. The lowest BCUT2D eigenvalue weighted by Crippen LogP contribution is -2.08. The summed E-state index contributed by atoms with van der Waals surface area (Å²) >= 11 is 0. The topological polar surface area (TPSA) is 29.1 Å². The van der Waals surface area contributed by atoms with E-state index in [2.05, 4.69) is 24.4 Å². The number of nitrogens with one attached hydrogen (secondary N) is 1. The van der Waals surface area contributed by atoms with Gasteiger partial charge in [-0.15, -0.1) is 0 Å². The van der Waals surface area contributed by atoms with Crippen LogP contribution in [-0.2, 0) is 6.54 Å². The number of ketones is 1. The van der Waals surface area contributed by atoms with Gasteiger partial charge in [0.15, 0.2) is 5.78 Å². The average Bonchev–Trinajstić information content (AvgIpc) is 2.38. The van der Waals surface area contributed by atoms with Crippen LogP contribution in [0.2, 0.25) is 0 Å². The third-order valence-electron chi connectivity index (χ3n) is 3.50. The smallest absolute Gasteiger partial charge is 0.193 e. The molecule has 0 aliphatic heterocycles. The predicted octanol–water partition coefficient (Wildman–Crippen LogP) is 3.56. The van der Waals surface area contributed by atoms with Crippen LogP contribution in [-0.4, -0.2) is 12.8 Å². The summed E-state index contributed by atoms with van der Waals surface area (Å²) in [6, 6.07) is 12.0. The maximum Gasteiger partial charge on any atom is 0.193 e. The van der Waals surface area contributed by atoms with Crippen LogP contribution in [0.4, 0.5) is 0 Å². The van der Waals surface area contributed by atoms with Gasteiger partial charge in [-0.05, 0) is 44.5 Å². The van der Waals surface area contributed by atoms with Crippen molar-refractivity contribution in [2.75, 3.05) is 7.05 Å². The molecule has 0 fully saturated rings. The molecular weight excluding hydrogens is 246 g/mol. The van der Waals surface area contributed by atoms with E-state index in [0.717, 1.165) is 28.8 Å². The van der Waals surface area contributed by atoms with Gasteiger partial charge in [-0.2, -0.15) is 0 Å². The fourth-order valence-corrected chi connectivity index (χ4v) is 2.66. The molecule has 2 nitrogen and oxygen atoms in total. The van der Waals surface area contributed by atoms with E-state index in [-0.39, 0.29) is 5.78 Å². The molecule has 0 aromatic heterocycles. The molecule has 0 heterocycles. The van der Waals surface area contributed by atoms with Crippen LogP contribution in [0.25, 0.3) is 0 Å². The van der Waals surface area contributed by atoms with E-state index in [4.69, 9.17) is 0 Å². The van der Waals surface area contributed by atoms with Crippen molar-refractivity contribution in [1.29, 1.82) is 0 Å². The Hall–Kier alpha value is -1.93. The lowest BCUT2D eigenvalue weighted by molar-refractivity contribution is 0.103. The Kier molecular flexibility index (Phi) is 4.35. The quantitative estimate of drug-likeness (QED) is 0.858. The molecule has 0 unspecified atom stereocenters. The molecule has 0 saturated heterocycles. The van der Waals surface area contributed by atoms with Crippen LogP contribution in [0.15, 0.2) is 36.4 Å². The summed E-state index contributed by atoms with van der Waals surface area (Å²) in [5.41, 5.74) is 6.05. The summed E-state index contributed by atoms with van der Waals surface area (Å²) < 4.78 is 0. The summed E-state index contributed by atoms with van der Waals surface area (Å²) in [6.07, 6.45) is 0. The second kappa shape index (κ2) is 6.02. The first-order valence-electron chi connectivity index (χ1n) is 6.89. The zero-order chi connectivity index (χ0) is 14.7. The van der Waals surface area contributed by atoms with Gasteiger partial charge in [0, 0.05) is 17.7 Å². The molecule has 2 aromatic carbocycles. The molecule has 0 aliphatic carbocycles. The van der Waals surface area contributed by atoms with Crippen molar-refractivity contribution >= 4 is 5.78 Å². The van der Waals surface area contributed by atoms with E-state index in [1.807, 2.05) is 45.2 Å². The number of carbonyl (C=O) groups is 1. The van der Waals surface area contributed by atoms with Crippen LogP contribution in [0.3, 0.4) is 0 Å². The number of carbonyl (C=O) groups excluding carboxylic acids is 1. The zero-order valence-electron chi connectivity index (χ0n) is 12.6. The molecule has 0 saturated carbocycles. The third-order valence-corrected chi connectivity index (χ3v) is 3.50. The van der Waals surface area contributed by atoms with Gasteiger partial charge in [-0.1, -0.05) is 42.0 Å². The van der Waals surface area contributed by atoms with Crippen molar-refractivity contribution in [3.8, 4) is 0 Å². The molecular formula is C18H21NO. The lowest BCUT2D eigenvalue weighted by atomic mass is 9.93. The SMILES string of the molecule is CNCc1ccc(C(=O)c2c(C)cc(C)cc2C)cc1. The van der Waals surface area contributed by atoms with Gasteiger partial charge >= 0.3 is 0 Å². The van der Waals surface area contributed by atoms with E-state index < -0.39 is 0 Å². The van der Waals surface area contributed by atoms with Crippen LogP contribution in [0.1, 0.15) is 38.2 Å². The molecule has 0 aliphatic rings. The molecule has 20 heavy (non-hydrogen) atoms. The van der Waals surface area contributed by atoms with E-state index in [1.165, 1.54) is 11.1 Å². The Morgan fingerprint density at radius 3 is 2.05 bits per heavy atom. The number of benzene rings is 2. The highest BCUT2D eigenvalue weighted by atomic mass is 16.1. The van der Waals surface area contributed by atoms with E-state index >= 15 is 0 Å². The Bertz CT molecular complexity index is 603. The minimum absolute atomic E-state index is 0.107. The fourth-order valence-electron chi connectivity index (χ4n) is 2.66. The summed E-state index contributed by atoms with van der Waals surface area (Å²) in [6.45, 7) is 6.88. The highest BCUT2D eigenvalue weighted by Gasteiger charge is 2.14. The van der Waals surface area contributed by atoms with Crippen LogP contribution >= 0.6 is 0 Å². The summed E-state index contributed by atoms with van der Waals surface area (Å²) in [4.78, 5) is 12.7. The Labute approximate surface area is 120 Å². The summed E-state index contributed by atoms with van der Waals surface area (Å²) in [7, 11) is 1.91. The van der Waals surface area contributed by atoms with E-state index in [9.17, 15) is 4.79 Å². The van der Waals surface area contributed by atoms with Gasteiger partial charge in [-0.3, -0.25) is 4.79 Å². The van der Waals surface area contributed by atoms with Gasteiger partial charge < -0.3 is 5.32 Å². The Morgan fingerprint density at radius 2 is 1.55 bits per heavy atom. The first-order chi connectivity index (χ1) is 9.52. The molecule has 0 radical (unpaired) electrons. The maximum atomic E-state index is 12.7. The second-order valence-electron chi connectivity index (χ2n) is 5.33. The highest BCUT2D eigenvalue weighted by molar-refractivity contribution is 6.10. The minimum atomic E-state index is 0.107. The van der Waals surface area contributed by atoms with Crippen molar-refractivity contribution in [3.05, 3.63) is 69.8 Å². The molecule has 0 amide bonds. The number of hydrogen-bond acceptors (Lipinski definition) is 2. The molecule has 1 N–H and O–H groups in total. The van der Waals surface area contributed by atoms with Crippen LogP contribution in [0.5, 0.6) is 0 Å². The van der Waals surface area contributed by atoms with E-state index in [1.54, 1.807) is 0 Å². The van der Waals surface area contributed by atoms with Crippen LogP contribution in [0, 0.1) is 20.8 Å². The van der Waals surface area contributed by atoms with Crippen LogP contribution < -0.4 is 5.32 Å². The van der Waals surface area contributed by atoms with Gasteiger partial charge in [0.1, 0.15) is 0 Å². The molecule has 2 heteroatoms. The molecule has 0 spiro atoms. The molecule has 0 bridgehead atoms. The van der Waals surface area contributed by atoms with E-state index in [0.29, 0.717) is 0 Å². The van der Waals surface area contributed by atoms with Gasteiger partial charge in [0.25, 0.3) is 0 Å². The Morgan fingerprint density at radius 1 is 1.00 bits per heavy atom. The standard InChI is InChI=1S/C18H21NO/c1-12-9-13(2)17(14(3)10-12)18(20)16-7-5-15(6-8-16)11-19-4/h5-10,19H,11H2,1-4H3. The van der Waals surface area contributed by atoms with Crippen molar-refractivity contribution in [2.45, 2.75) is 27.3 Å².